The minimum atomic E-state index is 0.818. The average molecular weight is 169 g/mol. The second kappa shape index (κ2) is 7.20. The highest BCUT2D eigenvalue weighted by atomic mass is 14.8. The van der Waals surface area contributed by atoms with E-state index in [9.17, 15) is 0 Å². The lowest BCUT2D eigenvalue weighted by molar-refractivity contribution is 0.300. The van der Waals surface area contributed by atoms with E-state index in [-0.39, 0.29) is 0 Å². The van der Waals surface area contributed by atoms with E-state index in [0.717, 1.165) is 18.4 Å². The van der Waals surface area contributed by atoms with Crippen molar-refractivity contribution >= 4 is 0 Å². The van der Waals surface area contributed by atoms with Gasteiger partial charge < -0.3 is 5.32 Å². The van der Waals surface area contributed by atoms with Crippen LogP contribution < -0.4 is 5.32 Å². The lowest BCUT2D eigenvalue weighted by atomic mass is 9.86. The van der Waals surface area contributed by atoms with E-state index in [4.69, 9.17) is 0 Å². The summed E-state index contributed by atoms with van der Waals surface area (Å²) in [5, 5.41) is 3.21. The van der Waals surface area contributed by atoms with E-state index in [1.807, 2.05) is 0 Å². The van der Waals surface area contributed by atoms with Crippen molar-refractivity contribution in [2.24, 2.45) is 11.8 Å². The zero-order chi connectivity index (χ0) is 9.40. The summed E-state index contributed by atoms with van der Waals surface area (Å²) >= 11 is 0. The SMILES string of the molecule is C=CNCC(CC)C(CC)CC. The molecule has 0 aliphatic carbocycles. The Bertz CT molecular complexity index is 106. The van der Waals surface area contributed by atoms with Crippen molar-refractivity contribution in [1.29, 1.82) is 0 Å². The smallest absolute Gasteiger partial charge is 0.0172 e. The molecule has 1 heteroatoms. The molecule has 72 valence electrons. The molecule has 0 fully saturated rings. The maximum atomic E-state index is 3.67. The Morgan fingerprint density at radius 1 is 1.08 bits per heavy atom. The molecule has 0 rings (SSSR count). The quantitative estimate of drug-likeness (QED) is 0.617. The van der Waals surface area contributed by atoms with Gasteiger partial charge in [-0.3, -0.25) is 0 Å². The topological polar surface area (TPSA) is 12.0 Å². The van der Waals surface area contributed by atoms with Gasteiger partial charge in [-0.15, -0.1) is 0 Å². The molecule has 0 spiro atoms. The maximum absolute atomic E-state index is 3.67. The molecule has 0 bridgehead atoms. The molecular weight excluding hydrogens is 146 g/mol. The van der Waals surface area contributed by atoms with E-state index in [2.05, 4.69) is 32.7 Å². The maximum Gasteiger partial charge on any atom is 0.0172 e. The number of hydrogen-bond donors (Lipinski definition) is 1. The highest BCUT2D eigenvalue weighted by Gasteiger charge is 2.15. The fourth-order valence-corrected chi connectivity index (χ4v) is 1.83. The average Bonchev–Trinajstić information content (AvgIpc) is 2.12. The molecule has 1 unspecified atom stereocenters. The van der Waals surface area contributed by atoms with E-state index in [0.29, 0.717) is 0 Å². The van der Waals surface area contributed by atoms with Gasteiger partial charge >= 0.3 is 0 Å². The third kappa shape index (κ3) is 3.80. The molecule has 0 amide bonds. The summed E-state index contributed by atoms with van der Waals surface area (Å²) in [5.74, 6) is 1.69. The molecule has 0 aliphatic rings. The Balaban J connectivity index is 3.83. The van der Waals surface area contributed by atoms with E-state index in [1.54, 1.807) is 6.20 Å². The zero-order valence-electron chi connectivity index (χ0n) is 8.77. The minimum Gasteiger partial charge on any atom is -0.391 e. The molecule has 0 aromatic carbocycles. The van der Waals surface area contributed by atoms with Crippen LogP contribution in [0.25, 0.3) is 0 Å². The number of hydrogen-bond acceptors (Lipinski definition) is 1. The van der Waals surface area contributed by atoms with Crippen molar-refractivity contribution in [2.75, 3.05) is 6.54 Å². The van der Waals surface area contributed by atoms with E-state index >= 15 is 0 Å². The Labute approximate surface area is 77.2 Å². The van der Waals surface area contributed by atoms with Gasteiger partial charge in [0.15, 0.2) is 0 Å². The first-order valence-electron chi connectivity index (χ1n) is 5.14. The van der Waals surface area contributed by atoms with Crippen LogP contribution in [-0.2, 0) is 0 Å². The molecule has 0 heterocycles. The van der Waals surface area contributed by atoms with Gasteiger partial charge in [0, 0.05) is 6.54 Å². The van der Waals surface area contributed by atoms with Crippen LogP contribution in [0.2, 0.25) is 0 Å². The van der Waals surface area contributed by atoms with Gasteiger partial charge in [-0.05, 0) is 18.0 Å². The summed E-state index contributed by atoms with van der Waals surface area (Å²) in [6, 6.07) is 0. The molecule has 0 saturated carbocycles. The Morgan fingerprint density at radius 3 is 1.92 bits per heavy atom. The van der Waals surface area contributed by atoms with Crippen molar-refractivity contribution in [1.82, 2.24) is 5.32 Å². The lowest BCUT2D eigenvalue weighted by Gasteiger charge is -2.23. The molecule has 1 N–H and O–H groups in total. The van der Waals surface area contributed by atoms with Gasteiger partial charge in [-0.25, -0.2) is 0 Å². The second-order valence-electron chi connectivity index (χ2n) is 3.36. The molecule has 1 atom stereocenters. The Kier molecular flexibility index (Phi) is 6.93. The molecule has 0 saturated heterocycles. The van der Waals surface area contributed by atoms with E-state index < -0.39 is 0 Å². The first kappa shape index (κ1) is 11.5. The third-order valence-electron chi connectivity index (χ3n) is 2.76. The van der Waals surface area contributed by atoms with Crippen LogP contribution in [0, 0.1) is 11.8 Å². The second-order valence-corrected chi connectivity index (χ2v) is 3.36. The summed E-state index contributed by atoms with van der Waals surface area (Å²) in [5.41, 5.74) is 0. The Hall–Kier alpha value is -0.460. The first-order valence-corrected chi connectivity index (χ1v) is 5.14. The summed E-state index contributed by atoms with van der Waals surface area (Å²) in [4.78, 5) is 0. The third-order valence-corrected chi connectivity index (χ3v) is 2.76. The zero-order valence-corrected chi connectivity index (χ0v) is 8.77. The largest absolute Gasteiger partial charge is 0.391 e. The van der Waals surface area contributed by atoms with Crippen LogP contribution in [-0.4, -0.2) is 6.54 Å². The summed E-state index contributed by atoms with van der Waals surface area (Å²) in [6.45, 7) is 11.6. The van der Waals surface area contributed by atoms with Gasteiger partial charge in [0.1, 0.15) is 0 Å². The molecule has 0 aromatic heterocycles. The van der Waals surface area contributed by atoms with Gasteiger partial charge in [0.25, 0.3) is 0 Å². The molecule has 0 aliphatic heterocycles. The Morgan fingerprint density at radius 2 is 1.58 bits per heavy atom. The van der Waals surface area contributed by atoms with Gasteiger partial charge in [0.2, 0.25) is 0 Å². The van der Waals surface area contributed by atoms with Crippen molar-refractivity contribution < 1.29 is 0 Å². The normalized spacial score (nSPS) is 13.0. The highest BCUT2D eigenvalue weighted by Crippen LogP contribution is 2.21. The summed E-state index contributed by atoms with van der Waals surface area (Å²) in [6.07, 6.45) is 5.67. The van der Waals surface area contributed by atoms with Crippen LogP contribution in [0.3, 0.4) is 0 Å². The fourth-order valence-electron chi connectivity index (χ4n) is 1.83. The molecule has 0 aromatic rings. The molecule has 12 heavy (non-hydrogen) atoms. The molecule has 0 radical (unpaired) electrons. The monoisotopic (exact) mass is 169 g/mol. The molecule has 1 nitrogen and oxygen atoms in total. The van der Waals surface area contributed by atoms with Gasteiger partial charge in [-0.1, -0.05) is 46.6 Å². The first-order chi connectivity index (χ1) is 5.79. The predicted molar refractivity (Wildman–Crippen MR) is 56.1 cm³/mol. The predicted octanol–water partition coefficient (Wildman–Crippen LogP) is 3.18. The van der Waals surface area contributed by atoms with Gasteiger partial charge in [-0.2, -0.15) is 0 Å². The van der Waals surface area contributed by atoms with Crippen molar-refractivity contribution in [3.05, 3.63) is 12.8 Å². The van der Waals surface area contributed by atoms with Crippen LogP contribution in [0.1, 0.15) is 40.0 Å². The van der Waals surface area contributed by atoms with Crippen molar-refractivity contribution in [3.8, 4) is 0 Å². The van der Waals surface area contributed by atoms with Gasteiger partial charge in [0.05, 0.1) is 0 Å². The number of rotatable bonds is 7. The lowest BCUT2D eigenvalue weighted by Crippen LogP contribution is -2.24. The highest BCUT2D eigenvalue weighted by molar-refractivity contribution is 4.72. The molecular formula is C11H23N. The van der Waals surface area contributed by atoms with Crippen LogP contribution in [0.4, 0.5) is 0 Å². The van der Waals surface area contributed by atoms with Crippen LogP contribution in [0.15, 0.2) is 12.8 Å². The summed E-state index contributed by atoms with van der Waals surface area (Å²) < 4.78 is 0. The van der Waals surface area contributed by atoms with E-state index in [1.165, 1.54) is 19.3 Å². The standard InChI is InChI=1S/C11H23N/c1-5-10(6-2)11(7-3)9-12-8-4/h8,10-12H,4-7,9H2,1-3H3. The van der Waals surface area contributed by atoms with Crippen molar-refractivity contribution in [3.63, 3.8) is 0 Å². The summed E-state index contributed by atoms with van der Waals surface area (Å²) in [7, 11) is 0. The number of nitrogens with one attached hydrogen (secondary N) is 1. The fraction of sp³-hybridized carbons (Fsp3) is 0.818. The minimum absolute atomic E-state index is 0.818. The van der Waals surface area contributed by atoms with Crippen LogP contribution in [0.5, 0.6) is 0 Å². The van der Waals surface area contributed by atoms with Crippen LogP contribution >= 0.6 is 0 Å². The van der Waals surface area contributed by atoms with Crippen molar-refractivity contribution in [2.45, 2.75) is 40.0 Å².